The molecule has 1 aromatic carbocycles. The Morgan fingerprint density at radius 2 is 2.05 bits per heavy atom. The number of aryl methyl sites for hydroxylation is 1. The maximum absolute atomic E-state index is 5.79. The number of benzene rings is 1. The number of rotatable bonds is 4. The van der Waals surface area contributed by atoms with Gasteiger partial charge < -0.3 is 5.73 Å². The van der Waals surface area contributed by atoms with Crippen molar-refractivity contribution in [3.8, 4) is 11.4 Å². The molecule has 0 aliphatic rings. The maximum Gasteiger partial charge on any atom is 0.182 e. The molecule has 5 nitrogen and oxygen atoms in total. The predicted molar refractivity (Wildman–Crippen MR) is 76.6 cm³/mol. The summed E-state index contributed by atoms with van der Waals surface area (Å²) in [4.78, 5) is 0. The molecule has 19 heavy (non-hydrogen) atoms. The molecule has 102 valence electrons. The van der Waals surface area contributed by atoms with Crippen LogP contribution in [-0.2, 0) is 5.54 Å². The zero-order valence-corrected chi connectivity index (χ0v) is 12.0. The molecule has 1 heterocycles. The third-order valence-electron chi connectivity index (χ3n) is 3.40. The number of tetrazole rings is 1. The first-order valence-corrected chi connectivity index (χ1v) is 6.61. The van der Waals surface area contributed by atoms with E-state index in [0.717, 1.165) is 35.5 Å². The van der Waals surface area contributed by atoms with Crippen molar-refractivity contribution < 1.29 is 0 Å². The summed E-state index contributed by atoms with van der Waals surface area (Å²) in [5, 5.41) is 12.2. The highest BCUT2D eigenvalue weighted by molar-refractivity contribution is 5.63. The number of nitrogen functional groups attached to an aromatic ring is 1. The highest BCUT2D eigenvalue weighted by Gasteiger charge is 2.25. The summed E-state index contributed by atoms with van der Waals surface area (Å²) >= 11 is 0. The van der Waals surface area contributed by atoms with Crippen LogP contribution in [0.3, 0.4) is 0 Å². The second-order valence-corrected chi connectivity index (χ2v) is 5.55. The summed E-state index contributed by atoms with van der Waals surface area (Å²) in [7, 11) is 0. The van der Waals surface area contributed by atoms with E-state index in [1.165, 1.54) is 0 Å². The summed E-state index contributed by atoms with van der Waals surface area (Å²) in [6.07, 6.45) is 2.12. The van der Waals surface area contributed by atoms with E-state index in [-0.39, 0.29) is 5.54 Å². The van der Waals surface area contributed by atoms with Crippen molar-refractivity contribution in [3.05, 3.63) is 23.8 Å². The van der Waals surface area contributed by atoms with Gasteiger partial charge in [0.15, 0.2) is 5.82 Å². The summed E-state index contributed by atoms with van der Waals surface area (Å²) in [5.74, 6) is 0.802. The number of hydrogen-bond donors (Lipinski definition) is 1. The van der Waals surface area contributed by atoms with Gasteiger partial charge in [0.1, 0.15) is 0 Å². The lowest BCUT2D eigenvalue weighted by Gasteiger charge is -2.25. The van der Waals surface area contributed by atoms with Crippen LogP contribution >= 0.6 is 0 Å². The Morgan fingerprint density at radius 3 is 2.68 bits per heavy atom. The monoisotopic (exact) mass is 259 g/mol. The Bertz CT molecular complexity index is 571. The van der Waals surface area contributed by atoms with Gasteiger partial charge in [-0.15, -0.1) is 5.10 Å². The second-order valence-electron chi connectivity index (χ2n) is 5.55. The molecule has 0 aliphatic carbocycles. The summed E-state index contributed by atoms with van der Waals surface area (Å²) in [6.45, 7) is 8.50. The first-order valence-electron chi connectivity index (χ1n) is 6.61. The molecule has 0 fully saturated rings. The molecule has 2 rings (SSSR count). The second kappa shape index (κ2) is 4.99. The molecule has 0 aliphatic heterocycles. The van der Waals surface area contributed by atoms with Crippen LogP contribution in [0.4, 0.5) is 5.69 Å². The molecule has 0 bridgehead atoms. The smallest absolute Gasteiger partial charge is 0.182 e. The van der Waals surface area contributed by atoms with Crippen LogP contribution in [0.5, 0.6) is 0 Å². The van der Waals surface area contributed by atoms with E-state index < -0.39 is 0 Å². The molecule has 0 amide bonds. The fourth-order valence-electron chi connectivity index (χ4n) is 2.42. The van der Waals surface area contributed by atoms with E-state index in [2.05, 4.69) is 36.3 Å². The standard InChI is InChI=1S/C14H21N5/c1-5-8-14(3,4)19-13(16-17-18-19)12-7-6-11(15)9-10(12)2/h6-7,9H,5,8,15H2,1-4H3. The molecule has 0 unspecified atom stereocenters. The zero-order chi connectivity index (χ0) is 14.0. The topological polar surface area (TPSA) is 69.6 Å². The average molecular weight is 259 g/mol. The Kier molecular flexibility index (Phi) is 3.55. The van der Waals surface area contributed by atoms with E-state index in [1.807, 2.05) is 29.8 Å². The van der Waals surface area contributed by atoms with E-state index in [4.69, 9.17) is 5.73 Å². The minimum atomic E-state index is -0.0958. The Morgan fingerprint density at radius 1 is 1.32 bits per heavy atom. The lowest BCUT2D eigenvalue weighted by molar-refractivity contribution is 0.290. The number of anilines is 1. The van der Waals surface area contributed by atoms with Crippen LogP contribution in [0.1, 0.15) is 39.2 Å². The van der Waals surface area contributed by atoms with Crippen molar-refractivity contribution in [1.29, 1.82) is 0 Å². The molecule has 0 radical (unpaired) electrons. The quantitative estimate of drug-likeness (QED) is 0.857. The Hall–Kier alpha value is -1.91. The van der Waals surface area contributed by atoms with E-state index in [0.29, 0.717) is 0 Å². The maximum atomic E-state index is 5.79. The van der Waals surface area contributed by atoms with Gasteiger partial charge in [0.2, 0.25) is 0 Å². The predicted octanol–water partition coefficient (Wildman–Crippen LogP) is 2.77. The third-order valence-corrected chi connectivity index (χ3v) is 3.40. The van der Waals surface area contributed by atoms with Gasteiger partial charge in [-0.3, -0.25) is 0 Å². The molecular formula is C14H21N5. The first-order chi connectivity index (χ1) is 8.95. The lowest BCUT2D eigenvalue weighted by Crippen LogP contribution is -2.28. The van der Waals surface area contributed by atoms with E-state index in [1.54, 1.807) is 0 Å². The third kappa shape index (κ3) is 2.59. The van der Waals surface area contributed by atoms with E-state index in [9.17, 15) is 0 Å². The lowest BCUT2D eigenvalue weighted by atomic mass is 9.98. The average Bonchev–Trinajstić information content (AvgIpc) is 2.78. The molecule has 0 saturated heterocycles. The number of nitrogens with two attached hydrogens (primary N) is 1. The largest absolute Gasteiger partial charge is 0.399 e. The molecule has 0 spiro atoms. The Labute approximate surface area is 113 Å². The highest BCUT2D eigenvalue weighted by atomic mass is 15.6. The van der Waals surface area contributed by atoms with Crippen molar-refractivity contribution in [2.75, 3.05) is 5.73 Å². The van der Waals surface area contributed by atoms with E-state index >= 15 is 0 Å². The summed E-state index contributed by atoms with van der Waals surface area (Å²) in [5.41, 5.74) is 8.57. The molecule has 2 aromatic rings. The summed E-state index contributed by atoms with van der Waals surface area (Å²) in [6, 6.07) is 5.81. The first kappa shape index (κ1) is 13.5. The molecular weight excluding hydrogens is 238 g/mol. The van der Waals surface area contributed by atoms with Crippen LogP contribution in [0, 0.1) is 6.92 Å². The fourth-order valence-corrected chi connectivity index (χ4v) is 2.42. The van der Waals surface area contributed by atoms with Crippen LogP contribution < -0.4 is 5.73 Å². The van der Waals surface area contributed by atoms with Gasteiger partial charge in [-0.25, -0.2) is 4.68 Å². The molecule has 1 aromatic heterocycles. The van der Waals surface area contributed by atoms with Gasteiger partial charge in [-0.2, -0.15) is 0 Å². The van der Waals surface area contributed by atoms with Gasteiger partial charge in [-0.05, 0) is 61.4 Å². The van der Waals surface area contributed by atoms with Crippen molar-refractivity contribution >= 4 is 5.69 Å². The zero-order valence-electron chi connectivity index (χ0n) is 12.0. The normalized spacial score (nSPS) is 11.8. The van der Waals surface area contributed by atoms with Crippen molar-refractivity contribution in [3.63, 3.8) is 0 Å². The minimum Gasteiger partial charge on any atom is -0.399 e. The molecule has 0 saturated carbocycles. The van der Waals surface area contributed by atoms with Gasteiger partial charge in [0, 0.05) is 11.3 Å². The number of nitrogens with zero attached hydrogens (tertiary/aromatic N) is 4. The van der Waals surface area contributed by atoms with Gasteiger partial charge in [-0.1, -0.05) is 13.3 Å². The molecule has 2 N–H and O–H groups in total. The minimum absolute atomic E-state index is 0.0958. The number of aromatic nitrogens is 4. The SMILES string of the molecule is CCCC(C)(C)n1nnnc1-c1ccc(N)cc1C. The van der Waals surface area contributed by atoms with Crippen molar-refractivity contribution in [2.45, 2.75) is 46.1 Å². The van der Waals surface area contributed by atoms with Crippen LogP contribution in [-0.4, -0.2) is 20.2 Å². The summed E-state index contributed by atoms with van der Waals surface area (Å²) < 4.78 is 1.91. The van der Waals surface area contributed by atoms with Crippen molar-refractivity contribution in [1.82, 2.24) is 20.2 Å². The van der Waals surface area contributed by atoms with Crippen LogP contribution in [0.15, 0.2) is 18.2 Å². The van der Waals surface area contributed by atoms with Gasteiger partial charge in [0.05, 0.1) is 5.54 Å². The van der Waals surface area contributed by atoms with Crippen molar-refractivity contribution in [2.24, 2.45) is 0 Å². The highest BCUT2D eigenvalue weighted by Crippen LogP contribution is 2.28. The molecule has 0 atom stereocenters. The van der Waals surface area contributed by atoms with Gasteiger partial charge >= 0.3 is 0 Å². The molecule has 5 heteroatoms. The van der Waals surface area contributed by atoms with Crippen LogP contribution in [0.2, 0.25) is 0 Å². The fraction of sp³-hybridized carbons (Fsp3) is 0.500. The van der Waals surface area contributed by atoms with Crippen LogP contribution in [0.25, 0.3) is 11.4 Å². The number of hydrogen-bond acceptors (Lipinski definition) is 4. The Balaban J connectivity index is 2.50. The van der Waals surface area contributed by atoms with Gasteiger partial charge in [0.25, 0.3) is 0 Å².